The van der Waals surface area contributed by atoms with Crippen LogP contribution in [0, 0.1) is 0 Å². The maximum absolute atomic E-state index is 12.1. The van der Waals surface area contributed by atoms with Gasteiger partial charge in [0, 0.05) is 6.07 Å². The van der Waals surface area contributed by atoms with E-state index in [1.165, 1.54) is 30.3 Å². The van der Waals surface area contributed by atoms with E-state index in [1.54, 1.807) is 0 Å². The number of carboxylic acids is 1. The quantitative estimate of drug-likeness (QED) is 0.479. The van der Waals surface area contributed by atoms with Crippen molar-refractivity contribution < 1.29 is 30.0 Å². The Labute approximate surface area is 139 Å². The zero-order valence-corrected chi connectivity index (χ0v) is 13.1. The monoisotopic (exact) mass is 378 g/mol. The van der Waals surface area contributed by atoms with Gasteiger partial charge in [0.1, 0.15) is 22.8 Å². The van der Waals surface area contributed by atoms with Crippen molar-refractivity contribution in [1.29, 1.82) is 0 Å². The summed E-state index contributed by atoms with van der Waals surface area (Å²) in [6.07, 6.45) is 2.50. The maximum atomic E-state index is 12.1. The van der Waals surface area contributed by atoms with Crippen LogP contribution in [0.4, 0.5) is 0 Å². The minimum absolute atomic E-state index is 0.0249. The molecule has 0 amide bonds. The fraction of sp³-hybridized carbons (Fsp3) is 0. The molecule has 0 aliphatic heterocycles. The number of rotatable bonds is 4. The van der Waals surface area contributed by atoms with E-state index in [4.69, 9.17) is 5.11 Å². The Morgan fingerprint density at radius 1 is 0.913 bits per heavy atom. The smallest absolute Gasteiger partial charge is 0.339 e. The second-order valence-corrected chi connectivity index (χ2v) is 5.45. The molecule has 4 N–H and O–H groups in total. The fourth-order valence-electron chi connectivity index (χ4n) is 1.84. The molecule has 0 atom stereocenters. The van der Waals surface area contributed by atoms with Crippen LogP contribution < -0.4 is 0 Å². The molecule has 6 nitrogen and oxygen atoms in total. The van der Waals surface area contributed by atoms with E-state index >= 15 is 0 Å². The van der Waals surface area contributed by atoms with Crippen LogP contribution in [-0.2, 0) is 0 Å². The molecule has 0 saturated carbocycles. The summed E-state index contributed by atoms with van der Waals surface area (Å²) in [4.78, 5) is 23.0. The summed E-state index contributed by atoms with van der Waals surface area (Å²) < 4.78 is 0.254. The molecular weight excluding hydrogens is 368 g/mol. The van der Waals surface area contributed by atoms with Crippen LogP contribution >= 0.6 is 15.9 Å². The van der Waals surface area contributed by atoms with E-state index in [-0.39, 0.29) is 32.8 Å². The highest BCUT2D eigenvalue weighted by Gasteiger charge is 2.13. The summed E-state index contributed by atoms with van der Waals surface area (Å²) >= 11 is 3.05. The van der Waals surface area contributed by atoms with Crippen molar-refractivity contribution in [1.82, 2.24) is 0 Å². The third kappa shape index (κ3) is 3.70. The second kappa shape index (κ2) is 6.53. The lowest BCUT2D eigenvalue weighted by molar-refractivity contribution is 0.0693. The van der Waals surface area contributed by atoms with Crippen molar-refractivity contribution in [3.63, 3.8) is 0 Å². The van der Waals surface area contributed by atoms with Crippen molar-refractivity contribution in [2.45, 2.75) is 0 Å². The Kier molecular flexibility index (Phi) is 4.71. The molecule has 0 radical (unpaired) electrons. The van der Waals surface area contributed by atoms with E-state index < -0.39 is 11.8 Å². The molecule has 23 heavy (non-hydrogen) atoms. The number of ketones is 1. The van der Waals surface area contributed by atoms with Crippen molar-refractivity contribution >= 4 is 33.8 Å². The lowest BCUT2D eigenvalue weighted by atomic mass is 10.1. The van der Waals surface area contributed by atoms with Gasteiger partial charge in [0.25, 0.3) is 0 Å². The number of aromatic carboxylic acids is 1. The summed E-state index contributed by atoms with van der Waals surface area (Å²) in [6.45, 7) is 0. The molecule has 0 heterocycles. The van der Waals surface area contributed by atoms with Gasteiger partial charge in [0.05, 0.1) is 10.0 Å². The van der Waals surface area contributed by atoms with E-state index in [9.17, 15) is 24.9 Å². The molecule has 7 heteroatoms. The molecule has 0 unspecified atom stereocenters. The molecule has 0 spiro atoms. The van der Waals surface area contributed by atoms with Crippen LogP contribution in [0.5, 0.6) is 17.2 Å². The summed E-state index contributed by atoms with van der Waals surface area (Å²) in [5, 5.41) is 37.4. The van der Waals surface area contributed by atoms with Gasteiger partial charge in [0.15, 0.2) is 5.78 Å². The average Bonchev–Trinajstić information content (AvgIpc) is 2.49. The molecule has 0 fully saturated rings. The van der Waals surface area contributed by atoms with Crippen molar-refractivity contribution in [2.24, 2.45) is 0 Å². The van der Waals surface area contributed by atoms with Crippen LogP contribution in [0.3, 0.4) is 0 Å². The van der Waals surface area contributed by atoms with Gasteiger partial charge in [-0.25, -0.2) is 4.79 Å². The molecule has 0 aromatic heterocycles. The minimum Gasteiger partial charge on any atom is -0.507 e. The predicted molar refractivity (Wildman–Crippen MR) is 85.9 cm³/mol. The van der Waals surface area contributed by atoms with Crippen LogP contribution in [0.15, 0.2) is 40.9 Å². The van der Waals surface area contributed by atoms with Crippen molar-refractivity contribution in [3.8, 4) is 17.2 Å². The molecule has 118 valence electrons. The van der Waals surface area contributed by atoms with E-state index in [2.05, 4.69) is 15.9 Å². The topological polar surface area (TPSA) is 115 Å². The number of carbonyl (C=O) groups excluding carboxylic acids is 1. The number of phenols is 3. The average molecular weight is 379 g/mol. The van der Waals surface area contributed by atoms with Crippen molar-refractivity contribution in [3.05, 3.63) is 57.6 Å². The number of benzene rings is 2. The highest BCUT2D eigenvalue weighted by Crippen LogP contribution is 2.31. The fourth-order valence-corrected chi connectivity index (χ4v) is 2.18. The molecule has 0 aliphatic carbocycles. The second-order valence-electron chi connectivity index (χ2n) is 4.60. The van der Waals surface area contributed by atoms with E-state index in [1.807, 2.05) is 0 Å². The molecular formula is C16H11BrO6. The first-order chi connectivity index (χ1) is 10.8. The molecule has 2 rings (SSSR count). The van der Waals surface area contributed by atoms with Gasteiger partial charge < -0.3 is 20.4 Å². The Morgan fingerprint density at radius 2 is 1.61 bits per heavy atom. The number of carbonyl (C=O) groups is 2. The van der Waals surface area contributed by atoms with Gasteiger partial charge in [-0.1, -0.05) is 12.1 Å². The Morgan fingerprint density at radius 3 is 2.26 bits per heavy atom. The number of halogens is 1. The Bertz CT molecular complexity index is 826. The number of hydrogen-bond acceptors (Lipinski definition) is 5. The number of allylic oxidation sites excluding steroid dienone is 1. The van der Waals surface area contributed by atoms with Crippen LogP contribution in [0.2, 0.25) is 0 Å². The molecule has 0 aliphatic rings. The van der Waals surface area contributed by atoms with Gasteiger partial charge in [-0.3, -0.25) is 4.79 Å². The van der Waals surface area contributed by atoms with Crippen LogP contribution in [0.1, 0.15) is 26.3 Å². The number of hydrogen-bond donors (Lipinski definition) is 4. The lowest BCUT2D eigenvalue weighted by Crippen LogP contribution is -1.97. The minimum atomic E-state index is -1.29. The zero-order chi connectivity index (χ0) is 17.1. The van der Waals surface area contributed by atoms with Crippen LogP contribution in [-0.4, -0.2) is 32.2 Å². The number of carboxylic acid groups (broad SMARTS) is 1. The lowest BCUT2D eigenvalue weighted by Gasteiger charge is -2.04. The summed E-state index contributed by atoms with van der Waals surface area (Å²) in [5.41, 5.74) is 0.0869. The summed E-state index contributed by atoms with van der Waals surface area (Å²) in [7, 11) is 0. The van der Waals surface area contributed by atoms with Gasteiger partial charge in [-0.2, -0.15) is 0 Å². The number of phenolic OH excluding ortho intramolecular Hbond substituents is 2. The third-order valence-electron chi connectivity index (χ3n) is 3.01. The first-order valence-corrected chi connectivity index (χ1v) is 7.09. The Balaban J connectivity index is 2.30. The maximum Gasteiger partial charge on any atom is 0.339 e. The number of aromatic hydroxyl groups is 3. The third-order valence-corrected chi connectivity index (χ3v) is 3.64. The largest absolute Gasteiger partial charge is 0.507 e. The van der Waals surface area contributed by atoms with Crippen molar-refractivity contribution in [2.75, 3.05) is 0 Å². The predicted octanol–water partition coefficient (Wildman–Crippen LogP) is 3.16. The molecule has 2 aromatic rings. The van der Waals surface area contributed by atoms with Gasteiger partial charge >= 0.3 is 5.97 Å². The first-order valence-electron chi connectivity index (χ1n) is 6.30. The van der Waals surface area contributed by atoms with Gasteiger partial charge in [-0.05, 0) is 45.8 Å². The van der Waals surface area contributed by atoms with E-state index in [0.29, 0.717) is 5.56 Å². The zero-order valence-electron chi connectivity index (χ0n) is 11.5. The highest BCUT2D eigenvalue weighted by atomic mass is 79.9. The molecule has 0 bridgehead atoms. The summed E-state index contributed by atoms with van der Waals surface area (Å²) in [5.74, 6) is -2.77. The Hall–Kier alpha value is -2.80. The van der Waals surface area contributed by atoms with Crippen LogP contribution in [0.25, 0.3) is 6.08 Å². The SMILES string of the molecule is O=C(O)c1cc(C=CC(=O)c2cc(Br)c(O)cc2O)ccc1O. The molecule has 0 saturated heterocycles. The summed E-state index contributed by atoms with van der Waals surface area (Å²) in [6, 6.07) is 6.18. The molecule has 2 aromatic carbocycles. The van der Waals surface area contributed by atoms with E-state index in [0.717, 1.165) is 12.1 Å². The normalized spacial score (nSPS) is 10.8. The highest BCUT2D eigenvalue weighted by molar-refractivity contribution is 9.10. The van der Waals surface area contributed by atoms with Gasteiger partial charge in [-0.15, -0.1) is 0 Å². The standard InChI is InChI=1S/C16H11BrO6/c17-11-6-9(14(20)7-15(11)21)12(18)3-1-8-2-4-13(19)10(5-8)16(22)23/h1-7,19-21H,(H,22,23). The first kappa shape index (κ1) is 16.6. The van der Waals surface area contributed by atoms with Gasteiger partial charge in [0.2, 0.25) is 0 Å².